The number of nitrogens with one attached hydrogen (secondary N) is 1. The Kier molecular flexibility index (Phi) is 6.43. The molecule has 0 aliphatic heterocycles. The summed E-state index contributed by atoms with van der Waals surface area (Å²) >= 11 is 17.7. The molecule has 1 aromatic carbocycles. The van der Waals surface area contributed by atoms with E-state index in [0.29, 0.717) is 15.6 Å². The Balaban J connectivity index is 1.91. The maximum absolute atomic E-state index is 11.9. The van der Waals surface area contributed by atoms with E-state index in [2.05, 4.69) is 10.3 Å². The molecule has 1 amide bonds. The lowest BCUT2D eigenvalue weighted by molar-refractivity contribution is -0.124. The van der Waals surface area contributed by atoms with Crippen LogP contribution in [-0.4, -0.2) is 23.5 Å². The lowest BCUT2D eigenvalue weighted by Crippen LogP contribution is -2.31. The second-order valence-corrected chi connectivity index (χ2v) is 6.07. The molecular weight excluding hydrogens is 375 g/mol. The molecule has 1 N–H and O–H groups in total. The van der Waals surface area contributed by atoms with Gasteiger partial charge in [0.15, 0.2) is 6.61 Å². The van der Waals surface area contributed by atoms with Gasteiger partial charge in [0.2, 0.25) is 0 Å². The van der Waals surface area contributed by atoms with E-state index in [0.717, 1.165) is 0 Å². The van der Waals surface area contributed by atoms with Crippen molar-refractivity contribution in [3.63, 3.8) is 0 Å². The number of rotatable bonds is 5. The third-order valence-electron chi connectivity index (χ3n) is 3.12. The predicted molar refractivity (Wildman–Crippen MR) is 92.5 cm³/mol. The van der Waals surface area contributed by atoms with Crippen LogP contribution in [0.3, 0.4) is 0 Å². The number of carbonyl (C=O) groups is 2. The summed E-state index contributed by atoms with van der Waals surface area (Å²) in [5, 5.41) is 3.65. The molecule has 8 heteroatoms. The molecule has 0 aliphatic carbocycles. The first kappa shape index (κ1) is 18.5. The summed E-state index contributed by atoms with van der Waals surface area (Å²) in [6.45, 7) is 1.31. The Morgan fingerprint density at radius 3 is 2.67 bits per heavy atom. The number of ether oxygens (including phenoxy) is 1. The number of esters is 1. The third kappa shape index (κ3) is 4.84. The van der Waals surface area contributed by atoms with Gasteiger partial charge in [-0.2, -0.15) is 0 Å². The molecule has 0 saturated carbocycles. The molecule has 1 heterocycles. The largest absolute Gasteiger partial charge is 0.452 e. The lowest BCUT2D eigenvalue weighted by atomic mass is 10.1. The highest BCUT2D eigenvalue weighted by Crippen LogP contribution is 2.26. The molecule has 0 unspecified atom stereocenters. The van der Waals surface area contributed by atoms with E-state index in [1.165, 1.54) is 12.3 Å². The van der Waals surface area contributed by atoms with Crippen molar-refractivity contribution in [2.75, 3.05) is 6.61 Å². The first-order valence-electron chi connectivity index (χ1n) is 6.90. The fraction of sp³-hybridized carbons (Fsp3) is 0.188. The fourth-order valence-corrected chi connectivity index (χ4v) is 2.73. The maximum atomic E-state index is 11.9. The summed E-state index contributed by atoms with van der Waals surface area (Å²) < 4.78 is 4.93. The summed E-state index contributed by atoms with van der Waals surface area (Å²) in [6, 6.07) is 7.63. The van der Waals surface area contributed by atoms with E-state index in [1.54, 1.807) is 31.2 Å². The van der Waals surface area contributed by atoms with Gasteiger partial charge in [-0.15, -0.1) is 0 Å². The van der Waals surface area contributed by atoms with Crippen molar-refractivity contribution in [1.82, 2.24) is 10.3 Å². The molecular formula is C16H13Cl3N2O3. The quantitative estimate of drug-likeness (QED) is 0.620. The van der Waals surface area contributed by atoms with Gasteiger partial charge in [0.25, 0.3) is 5.91 Å². The Bertz CT molecular complexity index is 768. The van der Waals surface area contributed by atoms with Gasteiger partial charge < -0.3 is 10.1 Å². The highest BCUT2D eigenvalue weighted by Gasteiger charge is 2.16. The lowest BCUT2D eigenvalue weighted by Gasteiger charge is -2.16. The van der Waals surface area contributed by atoms with Crippen LogP contribution in [0, 0.1) is 0 Å². The minimum atomic E-state index is -0.722. The molecule has 2 aromatic rings. The van der Waals surface area contributed by atoms with E-state index in [-0.39, 0.29) is 16.8 Å². The summed E-state index contributed by atoms with van der Waals surface area (Å²) in [5.74, 6) is -1.19. The number of carbonyl (C=O) groups excluding carboxylic acids is 2. The van der Waals surface area contributed by atoms with Crippen molar-refractivity contribution < 1.29 is 14.3 Å². The topological polar surface area (TPSA) is 68.3 Å². The number of halogens is 3. The van der Waals surface area contributed by atoms with Gasteiger partial charge in [-0.3, -0.25) is 4.79 Å². The monoisotopic (exact) mass is 386 g/mol. The van der Waals surface area contributed by atoms with Crippen molar-refractivity contribution in [2.24, 2.45) is 0 Å². The Hall–Kier alpha value is -1.82. The number of amides is 1. The van der Waals surface area contributed by atoms with Crippen molar-refractivity contribution in [3.05, 3.63) is 62.9 Å². The molecule has 1 atom stereocenters. The van der Waals surface area contributed by atoms with Crippen LogP contribution in [0.2, 0.25) is 15.2 Å². The Morgan fingerprint density at radius 1 is 1.25 bits per heavy atom. The standard InChI is InChI=1S/C16H13Cl3N2O3/c1-9(11-5-4-10(17)7-13(11)18)21-14(22)8-24-16(23)12-3-2-6-20-15(12)19/h2-7,9H,8H2,1H3,(H,21,22)/t9-/m0/s1. The van der Waals surface area contributed by atoms with Crippen LogP contribution in [0.1, 0.15) is 28.9 Å². The van der Waals surface area contributed by atoms with Crippen LogP contribution in [0.5, 0.6) is 0 Å². The molecule has 0 saturated heterocycles. The van der Waals surface area contributed by atoms with E-state index >= 15 is 0 Å². The second kappa shape index (κ2) is 8.33. The molecule has 0 spiro atoms. The van der Waals surface area contributed by atoms with Gasteiger partial charge in [0.1, 0.15) is 5.15 Å². The van der Waals surface area contributed by atoms with Crippen LogP contribution in [0.25, 0.3) is 0 Å². The van der Waals surface area contributed by atoms with E-state index in [9.17, 15) is 9.59 Å². The van der Waals surface area contributed by atoms with Gasteiger partial charge >= 0.3 is 5.97 Å². The fourth-order valence-electron chi connectivity index (χ4n) is 1.96. The summed E-state index contributed by atoms with van der Waals surface area (Å²) in [4.78, 5) is 27.5. The zero-order chi connectivity index (χ0) is 17.7. The van der Waals surface area contributed by atoms with E-state index in [1.807, 2.05) is 0 Å². The molecule has 126 valence electrons. The van der Waals surface area contributed by atoms with Gasteiger partial charge in [0.05, 0.1) is 11.6 Å². The van der Waals surface area contributed by atoms with Gasteiger partial charge in [-0.25, -0.2) is 9.78 Å². The maximum Gasteiger partial charge on any atom is 0.341 e. The number of aromatic nitrogens is 1. The first-order chi connectivity index (χ1) is 11.4. The van der Waals surface area contributed by atoms with Crippen molar-refractivity contribution in [1.29, 1.82) is 0 Å². The average Bonchev–Trinajstić information content (AvgIpc) is 2.52. The molecule has 5 nitrogen and oxygen atoms in total. The Morgan fingerprint density at radius 2 is 2.00 bits per heavy atom. The summed E-state index contributed by atoms with van der Waals surface area (Å²) in [5.41, 5.74) is 0.803. The van der Waals surface area contributed by atoms with Crippen LogP contribution < -0.4 is 5.32 Å². The zero-order valence-corrected chi connectivity index (χ0v) is 14.8. The molecule has 0 radical (unpaired) electrons. The van der Waals surface area contributed by atoms with Crippen molar-refractivity contribution in [3.8, 4) is 0 Å². The first-order valence-corrected chi connectivity index (χ1v) is 8.04. The number of nitrogens with zero attached hydrogens (tertiary/aromatic N) is 1. The van der Waals surface area contributed by atoms with Crippen LogP contribution in [0.4, 0.5) is 0 Å². The van der Waals surface area contributed by atoms with Crippen LogP contribution >= 0.6 is 34.8 Å². The minimum absolute atomic E-state index is 0.0178. The molecule has 2 rings (SSSR count). The molecule has 0 fully saturated rings. The van der Waals surface area contributed by atoms with Crippen molar-refractivity contribution >= 4 is 46.7 Å². The predicted octanol–water partition coefficient (Wildman–Crippen LogP) is 4.08. The summed E-state index contributed by atoms with van der Waals surface area (Å²) in [7, 11) is 0. The van der Waals surface area contributed by atoms with E-state index < -0.39 is 18.5 Å². The number of benzene rings is 1. The second-order valence-electron chi connectivity index (χ2n) is 4.87. The minimum Gasteiger partial charge on any atom is -0.452 e. The highest BCUT2D eigenvalue weighted by molar-refractivity contribution is 6.35. The zero-order valence-electron chi connectivity index (χ0n) is 12.6. The third-order valence-corrected chi connectivity index (χ3v) is 3.98. The smallest absolute Gasteiger partial charge is 0.341 e. The number of pyridine rings is 1. The van der Waals surface area contributed by atoms with E-state index in [4.69, 9.17) is 39.5 Å². The average molecular weight is 388 g/mol. The van der Waals surface area contributed by atoms with Gasteiger partial charge in [-0.05, 0) is 36.8 Å². The molecule has 1 aromatic heterocycles. The van der Waals surface area contributed by atoms with Crippen LogP contribution in [-0.2, 0) is 9.53 Å². The Labute approximate surface area is 153 Å². The highest BCUT2D eigenvalue weighted by atomic mass is 35.5. The normalized spacial score (nSPS) is 11.7. The van der Waals surface area contributed by atoms with Crippen molar-refractivity contribution in [2.45, 2.75) is 13.0 Å². The molecule has 24 heavy (non-hydrogen) atoms. The van der Waals surface area contributed by atoms with Gasteiger partial charge in [0, 0.05) is 16.2 Å². The molecule has 0 aliphatic rings. The SMILES string of the molecule is C[C@H](NC(=O)COC(=O)c1cccnc1Cl)c1ccc(Cl)cc1Cl. The van der Waals surface area contributed by atoms with Crippen LogP contribution in [0.15, 0.2) is 36.5 Å². The molecule has 0 bridgehead atoms. The number of hydrogen-bond acceptors (Lipinski definition) is 4. The summed E-state index contributed by atoms with van der Waals surface area (Å²) in [6.07, 6.45) is 1.45. The van der Waals surface area contributed by atoms with Gasteiger partial charge in [-0.1, -0.05) is 40.9 Å². The number of hydrogen-bond donors (Lipinski definition) is 1.